The second-order valence-corrected chi connectivity index (χ2v) is 12.5. The van der Waals surface area contributed by atoms with Crippen LogP contribution in [0.1, 0.15) is 74.6 Å². The standard InChI is InChI=1S/C34H37FO4/c1-20-31(32(36)37)34(20)15-13-22-8-9-24(18-29(22)34)39-19-21-7-11-25(27-17-23(38-4)10-12-30(27)35)26(16-21)28-6-5-14-33(28,2)3/h7-12,16-18,20,28,31H,5-6,13-15,19H2,1-4H3,(H,36,37)/t20-,28-,31-,34-/m0/s1. The van der Waals surface area contributed by atoms with Crippen LogP contribution in [-0.4, -0.2) is 18.2 Å². The van der Waals surface area contributed by atoms with Gasteiger partial charge in [-0.15, -0.1) is 0 Å². The first-order chi connectivity index (χ1) is 18.7. The quantitative estimate of drug-likeness (QED) is 0.339. The van der Waals surface area contributed by atoms with Crippen molar-refractivity contribution in [3.63, 3.8) is 0 Å². The van der Waals surface area contributed by atoms with Crippen LogP contribution in [0.5, 0.6) is 11.5 Å². The number of carboxylic acids is 1. The lowest BCUT2D eigenvalue weighted by Crippen LogP contribution is -2.17. The van der Waals surface area contributed by atoms with Crippen molar-refractivity contribution in [2.75, 3.05) is 7.11 Å². The van der Waals surface area contributed by atoms with Gasteiger partial charge >= 0.3 is 5.97 Å². The van der Waals surface area contributed by atoms with Gasteiger partial charge in [0.05, 0.1) is 13.0 Å². The van der Waals surface area contributed by atoms with Crippen molar-refractivity contribution in [1.29, 1.82) is 0 Å². The molecule has 0 bridgehead atoms. The molecule has 3 aliphatic rings. The zero-order valence-corrected chi connectivity index (χ0v) is 23.2. The molecule has 0 radical (unpaired) electrons. The van der Waals surface area contributed by atoms with E-state index < -0.39 is 5.97 Å². The van der Waals surface area contributed by atoms with Crippen LogP contribution in [0.25, 0.3) is 11.1 Å². The van der Waals surface area contributed by atoms with Gasteiger partial charge in [0, 0.05) is 11.0 Å². The van der Waals surface area contributed by atoms with E-state index in [1.165, 1.54) is 11.6 Å². The number of rotatable bonds is 7. The van der Waals surface area contributed by atoms with Gasteiger partial charge in [0.2, 0.25) is 0 Å². The van der Waals surface area contributed by atoms with Gasteiger partial charge < -0.3 is 14.6 Å². The van der Waals surface area contributed by atoms with Gasteiger partial charge in [-0.3, -0.25) is 4.79 Å². The van der Waals surface area contributed by atoms with E-state index in [1.54, 1.807) is 19.2 Å². The third kappa shape index (κ3) is 4.21. The average Bonchev–Trinajstić information content (AvgIpc) is 3.15. The highest BCUT2D eigenvalue weighted by Gasteiger charge is 2.68. The third-order valence-electron chi connectivity index (χ3n) is 10.0. The maximum atomic E-state index is 15.1. The maximum Gasteiger partial charge on any atom is 0.307 e. The van der Waals surface area contributed by atoms with E-state index in [1.807, 2.05) is 18.2 Å². The molecule has 2 saturated carbocycles. The van der Waals surface area contributed by atoms with Gasteiger partial charge in [-0.25, -0.2) is 4.39 Å². The molecule has 2 fully saturated rings. The number of carbonyl (C=O) groups is 1. The van der Waals surface area contributed by atoms with Crippen LogP contribution in [0, 0.1) is 23.1 Å². The number of methoxy groups -OCH3 is 1. The van der Waals surface area contributed by atoms with E-state index in [-0.39, 0.29) is 28.5 Å². The van der Waals surface area contributed by atoms with Gasteiger partial charge in [-0.05, 0) is 101 Å². The van der Waals surface area contributed by atoms with Crippen LogP contribution >= 0.6 is 0 Å². The second kappa shape index (κ2) is 9.39. The Morgan fingerprint density at radius 1 is 1.03 bits per heavy atom. The summed E-state index contributed by atoms with van der Waals surface area (Å²) in [6, 6.07) is 17.3. The number of aliphatic carboxylic acids is 1. The predicted molar refractivity (Wildman–Crippen MR) is 150 cm³/mol. The van der Waals surface area contributed by atoms with Gasteiger partial charge in [-0.2, -0.15) is 0 Å². The molecule has 204 valence electrons. The molecule has 4 nitrogen and oxygen atoms in total. The number of hydrogen-bond acceptors (Lipinski definition) is 3. The fraction of sp³-hybridized carbons (Fsp3) is 0.441. The van der Waals surface area contributed by atoms with Crippen molar-refractivity contribution in [1.82, 2.24) is 0 Å². The van der Waals surface area contributed by atoms with Crippen LogP contribution in [0.15, 0.2) is 54.6 Å². The Balaban J connectivity index is 1.31. The summed E-state index contributed by atoms with van der Waals surface area (Å²) in [6.07, 6.45) is 5.20. The largest absolute Gasteiger partial charge is 0.497 e. The van der Waals surface area contributed by atoms with E-state index in [4.69, 9.17) is 9.47 Å². The van der Waals surface area contributed by atoms with E-state index in [9.17, 15) is 9.90 Å². The predicted octanol–water partition coefficient (Wildman–Crippen LogP) is 7.91. The maximum absolute atomic E-state index is 15.1. The molecule has 6 rings (SSSR count). The number of hydrogen-bond donors (Lipinski definition) is 1. The van der Waals surface area contributed by atoms with E-state index in [0.717, 1.165) is 60.1 Å². The molecule has 0 amide bonds. The normalized spacial score (nSPS) is 26.4. The van der Waals surface area contributed by atoms with Crippen molar-refractivity contribution in [3.05, 3.63) is 82.7 Å². The number of ether oxygens (including phenoxy) is 2. The molecule has 39 heavy (non-hydrogen) atoms. The summed E-state index contributed by atoms with van der Waals surface area (Å²) in [5.74, 6) is 0.616. The zero-order chi connectivity index (χ0) is 27.5. The Labute approximate surface area is 230 Å². The Morgan fingerprint density at radius 2 is 1.82 bits per heavy atom. The SMILES string of the molecule is COc1ccc(F)c(-c2ccc(COc3ccc4c(c3)[C@@]3(CC4)[C@H](C(=O)O)[C@@H]3C)cc2[C@@H]2CCCC2(C)C)c1. The topological polar surface area (TPSA) is 55.8 Å². The number of halogens is 1. The molecule has 3 aliphatic carbocycles. The molecule has 1 N–H and O–H groups in total. The van der Waals surface area contributed by atoms with Crippen LogP contribution < -0.4 is 9.47 Å². The molecule has 0 aliphatic heterocycles. The molecule has 3 aromatic rings. The minimum Gasteiger partial charge on any atom is -0.497 e. The average molecular weight is 529 g/mol. The monoisotopic (exact) mass is 528 g/mol. The number of benzene rings is 3. The molecule has 0 heterocycles. The first-order valence-electron chi connectivity index (χ1n) is 14.1. The lowest BCUT2D eigenvalue weighted by Gasteiger charge is -2.30. The minimum absolute atomic E-state index is 0.125. The Kier molecular flexibility index (Phi) is 6.24. The molecule has 4 atom stereocenters. The smallest absolute Gasteiger partial charge is 0.307 e. The summed E-state index contributed by atoms with van der Waals surface area (Å²) < 4.78 is 26.8. The van der Waals surface area contributed by atoms with Gasteiger partial charge in [0.1, 0.15) is 23.9 Å². The van der Waals surface area contributed by atoms with Crippen LogP contribution in [0.4, 0.5) is 4.39 Å². The first kappa shape index (κ1) is 25.9. The van der Waals surface area contributed by atoms with E-state index in [2.05, 4.69) is 39.0 Å². The van der Waals surface area contributed by atoms with Gasteiger partial charge in [0.25, 0.3) is 0 Å². The third-order valence-corrected chi connectivity index (χ3v) is 10.0. The molecule has 0 unspecified atom stereocenters. The Bertz CT molecular complexity index is 1440. The summed E-state index contributed by atoms with van der Waals surface area (Å²) >= 11 is 0. The summed E-state index contributed by atoms with van der Waals surface area (Å²) in [7, 11) is 1.60. The highest BCUT2D eigenvalue weighted by Crippen LogP contribution is 2.66. The van der Waals surface area contributed by atoms with Crippen molar-refractivity contribution in [2.45, 2.75) is 70.8 Å². The van der Waals surface area contributed by atoms with Crippen LogP contribution in [0.2, 0.25) is 0 Å². The molecule has 0 saturated heterocycles. The second-order valence-electron chi connectivity index (χ2n) is 12.5. The van der Waals surface area contributed by atoms with Crippen molar-refractivity contribution in [3.8, 4) is 22.6 Å². The Hall–Kier alpha value is -3.34. The molecule has 0 aromatic heterocycles. The lowest BCUT2D eigenvalue weighted by molar-refractivity contribution is -0.139. The zero-order valence-electron chi connectivity index (χ0n) is 23.2. The molecular formula is C34H37FO4. The van der Waals surface area contributed by atoms with E-state index >= 15 is 4.39 Å². The van der Waals surface area contributed by atoms with Crippen LogP contribution in [-0.2, 0) is 23.2 Å². The summed E-state index contributed by atoms with van der Waals surface area (Å²) in [4.78, 5) is 11.9. The summed E-state index contributed by atoms with van der Waals surface area (Å²) in [5, 5.41) is 9.74. The van der Waals surface area contributed by atoms with Crippen molar-refractivity contribution >= 4 is 5.97 Å². The van der Waals surface area contributed by atoms with Crippen LogP contribution in [0.3, 0.4) is 0 Å². The first-order valence-corrected chi connectivity index (χ1v) is 14.1. The van der Waals surface area contributed by atoms with Crippen molar-refractivity contribution in [2.24, 2.45) is 17.3 Å². The molecule has 5 heteroatoms. The van der Waals surface area contributed by atoms with Gasteiger partial charge in [0.15, 0.2) is 0 Å². The highest BCUT2D eigenvalue weighted by atomic mass is 19.1. The highest BCUT2D eigenvalue weighted by molar-refractivity contribution is 5.79. The number of carboxylic acid groups (broad SMARTS) is 1. The van der Waals surface area contributed by atoms with Crippen molar-refractivity contribution < 1.29 is 23.8 Å². The fourth-order valence-electron chi connectivity index (χ4n) is 7.78. The summed E-state index contributed by atoms with van der Waals surface area (Å²) in [5.41, 5.74) is 5.95. The number of aryl methyl sites for hydroxylation is 1. The minimum atomic E-state index is -0.698. The van der Waals surface area contributed by atoms with Gasteiger partial charge in [-0.1, -0.05) is 51.5 Å². The lowest BCUT2D eigenvalue weighted by atomic mass is 9.75. The fourth-order valence-corrected chi connectivity index (χ4v) is 7.78. The molecule has 1 spiro atoms. The Morgan fingerprint density at radius 3 is 2.51 bits per heavy atom. The molecule has 3 aromatic carbocycles. The number of fused-ring (bicyclic) bond motifs is 2. The summed E-state index contributed by atoms with van der Waals surface area (Å²) in [6.45, 7) is 7.07. The molecular weight excluding hydrogens is 491 g/mol. The van der Waals surface area contributed by atoms with E-state index in [0.29, 0.717) is 23.8 Å².